The summed E-state index contributed by atoms with van der Waals surface area (Å²) in [6.07, 6.45) is 0. The lowest BCUT2D eigenvalue weighted by molar-refractivity contribution is -0.119. The maximum Gasteiger partial charge on any atom is 0.264 e. The highest BCUT2D eigenvalue weighted by atomic mass is 35.5. The zero-order valence-corrected chi connectivity index (χ0v) is 20.2. The number of nitrogens with one attached hydrogen (secondary N) is 1. The van der Waals surface area contributed by atoms with Crippen molar-refractivity contribution in [2.75, 3.05) is 24.0 Å². The number of carbonyl (C=O) groups excluding carboxylic acids is 1. The molecule has 0 saturated carbocycles. The van der Waals surface area contributed by atoms with Crippen molar-refractivity contribution >= 4 is 33.2 Å². The Hall–Kier alpha value is -2.87. The van der Waals surface area contributed by atoms with Crippen LogP contribution in [-0.4, -0.2) is 34.0 Å². The summed E-state index contributed by atoms with van der Waals surface area (Å²) < 4.78 is 33.6. The van der Waals surface area contributed by atoms with E-state index < -0.39 is 15.9 Å². The number of sulfonamides is 1. The first-order valence-electron chi connectivity index (χ1n) is 10.5. The Morgan fingerprint density at radius 1 is 1.00 bits per heavy atom. The summed E-state index contributed by atoms with van der Waals surface area (Å²) in [5.41, 5.74) is 3.03. The number of rotatable bonds is 10. The number of aryl methyl sites for hydroxylation is 2. The highest BCUT2D eigenvalue weighted by molar-refractivity contribution is 7.92. The molecule has 0 aliphatic rings. The maximum absolute atomic E-state index is 13.4. The lowest BCUT2D eigenvalue weighted by Crippen LogP contribution is -2.42. The van der Waals surface area contributed by atoms with Gasteiger partial charge in [0.1, 0.15) is 6.54 Å². The van der Waals surface area contributed by atoms with Crippen LogP contribution >= 0.6 is 11.6 Å². The Labute approximate surface area is 200 Å². The number of amides is 1. The van der Waals surface area contributed by atoms with Crippen molar-refractivity contribution in [3.05, 3.63) is 94.5 Å². The quantitative estimate of drug-likeness (QED) is 0.428. The Kier molecular flexibility index (Phi) is 8.49. The highest BCUT2D eigenvalue weighted by Gasteiger charge is 2.28. The molecule has 0 radical (unpaired) electrons. The van der Waals surface area contributed by atoms with Crippen molar-refractivity contribution in [3.63, 3.8) is 0 Å². The molecular weight excluding hydrogens is 460 g/mol. The summed E-state index contributed by atoms with van der Waals surface area (Å²) in [6.45, 7) is 4.29. The molecule has 3 aromatic rings. The smallest absolute Gasteiger partial charge is 0.264 e. The number of hydrogen-bond acceptors (Lipinski definition) is 4. The van der Waals surface area contributed by atoms with Crippen LogP contribution in [0.25, 0.3) is 0 Å². The second kappa shape index (κ2) is 11.3. The number of hydrogen-bond donors (Lipinski definition) is 1. The molecule has 0 atom stereocenters. The summed E-state index contributed by atoms with van der Waals surface area (Å²) in [7, 11) is -3.97. The van der Waals surface area contributed by atoms with Gasteiger partial charge in [-0.2, -0.15) is 0 Å². The van der Waals surface area contributed by atoms with E-state index in [0.29, 0.717) is 29.5 Å². The van der Waals surface area contributed by atoms with Gasteiger partial charge in [0, 0.05) is 11.6 Å². The predicted octanol–water partition coefficient (Wildman–Crippen LogP) is 4.49. The number of carbonyl (C=O) groups is 1. The van der Waals surface area contributed by atoms with Crippen molar-refractivity contribution in [2.45, 2.75) is 25.3 Å². The number of benzene rings is 3. The van der Waals surface area contributed by atoms with Gasteiger partial charge in [-0.15, -0.1) is 0 Å². The minimum atomic E-state index is -3.97. The van der Waals surface area contributed by atoms with Crippen LogP contribution in [0.4, 0.5) is 5.69 Å². The van der Waals surface area contributed by atoms with Crippen LogP contribution in [0.5, 0.6) is 0 Å². The van der Waals surface area contributed by atoms with E-state index in [4.69, 9.17) is 16.3 Å². The van der Waals surface area contributed by atoms with E-state index in [0.717, 1.165) is 15.4 Å². The van der Waals surface area contributed by atoms with Crippen LogP contribution in [-0.2, 0) is 26.2 Å². The first kappa shape index (κ1) is 24.8. The molecule has 0 bridgehead atoms. The van der Waals surface area contributed by atoms with Crippen LogP contribution < -0.4 is 9.62 Å². The van der Waals surface area contributed by atoms with Gasteiger partial charge >= 0.3 is 0 Å². The molecule has 1 amide bonds. The van der Waals surface area contributed by atoms with Gasteiger partial charge in [-0.25, -0.2) is 8.42 Å². The monoisotopic (exact) mass is 486 g/mol. The molecule has 174 valence electrons. The molecule has 0 fully saturated rings. The summed E-state index contributed by atoms with van der Waals surface area (Å²) in [5.74, 6) is -0.427. The molecule has 0 aliphatic carbocycles. The molecule has 3 rings (SSSR count). The van der Waals surface area contributed by atoms with Crippen LogP contribution in [0.3, 0.4) is 0 Å². The number of ether oxygens (including phenoxy) is 1. The Balaban J connectivity index is 1.70. The topological polar surface area (TPSA) is 75.7 Å². The zero-order chi connectivity index (χ0) is 23.8. The van der Waals surface area contributed by atoms with E-state index >= 15 is 0 Å². The number of halogens is 1. The maximum atomic E-state index is 13.4. The highest BCUT2D eigenvalue weighted by Crippen LogP contribution is 2.29. The van der Waals surface area contributed by atoms with Gasteiger partial charge in [0.2, 0.25) is 5.91 Å². The third kappa shape index (κ3) is 6.81. The molecule has 0 spiro atoms. The molecular formula is C25H27ClN2O4S. The molecule has 8 heteroatoms. The average Bonchev–Trinajstić information content (AvgIpc) is 2.78. The van der Waals surface area contributed by atoms with Gasteiger partial charge in [0.25, 0.3) is 10.0 Å². The lowest BCUT2D eigenvalue weighted by Gasteiger charge is -2.26. The molecule has 0 unspecified atom stereocenters. The van der Waals surface area contributed by atoms with Gasteiger partial charge in [0.15, 0.2) is 0 Å². The van der Waals surface area contributed by atoms with Crippen molar-refractivity contribution in [3.8, 4) is 0 Å². The lowest BCUT2D eigenvalue weighted by atomic mass is 10.2. The predicted molar refractivity (Wildman–Crippen MR) is 131 cm³/mol. The average molecular weight is 487 g/mol. The van der Waals surface area contributed by atoms with E-state index in [1.807, 2.05) is 37.3 Å². The Morgan fingerprint density at radius 2 is 1.70 bits per heavy atom. The molecule has 0 heterocycles. The van der Waals surface area contributed by atoms with Crippen molar-refractivity contribution in [2.24, 2.45) is 0 Å². The SMILES string of the molecule is Cc1ccc(S(=O)(=O)N(CC(=O)NCCOCc2ccccc2)c2ccc(Cl)cc2C)cc1. The number of nitrogens with zero attached hydrogens (tertiary/aromatic N) is 1. The first-order chi connectivity index (χ1) is 15.8. The minimum absolute atomic E-state index is 0.112. The van der Waals surface area contributed by atoms with Gasteiger partial charge < -0.3 is 10.1 Å². The third-order valence-corrected chi connectivity index (χ3v) is 7.01. The molecule has 1 N–H and O–H groups in total. The fourth-order valence-electron chi connectivity index (χ4n) is 3.25. The molecule has 33 heavy (non-hydrogen) atoms. The molecule has 6 nitrogen and oxygen atoms in total. The fraction of sp³-hybridized carbons (Fsp3) is 0.240. The molecule has 0 aliphatic heterocycles. The first-order valence-corrected chi connectivity index (χ1v) is 12.3. The molecule has 3 aromatic carbocycles. The standard InChI is InChI=1S/C25H27ClN2O4S/c1-19-8-11-23(12-9-19)33(30,31)28(24-13-10-22(26)16-20(24)2)17-25(29)27-14-15-32-18-21-6-4-3-5-7-21/h3-13,16H,14-15,17-18H2,1-2H3,(H,27,29). The third-order valence-electron chi connectivity index (χ3n) is 5.00. The summed E-state index contributed by atoms with van der Waals surface area (Å²) in [4.78, 5) is 12.8. The fourth-order valence-corrected chi connectivity index (χ4v) is 4.96. The van der Waals surface area contributed by atoms with Gasteiger partial charge in [-0.3, -0.25) is 9.10 Å². The zero-order valence-electron chi connectivity index (χ0n) is 18.6. The normalized spacial score (nSPS) is 11.2. The van der Waals surface area contributed by atoms with Crippen molar-refractivity contribution < 1.29 is 17.9 Å². The van der Waals surface area contributed by atoms with Gasteiger partial charge in [-0.05, 0) is 55.3 Å². The van der Waals surface area contributed by atoms with Crippen molar-refractivity contribution in [1.29, 1.82) is 0 Å². The van der Waals surface area contributed by atoms with Crippen LogP contribution in [0.15, 0.2) is 77.7 Å². The molecule has 0 aromatic heterocycles. The van der Waals surface area contributed by atoms with Crippen LogP contribution in [0, 0.1) is 13.8 Å². The summed E-state index contributed by atoms with van der Waals surface area (Å²) in [6, 6.07) is 21.1. The van der Waals surface area contributed by atoms with Crippen LogP contribution in [0.1, 0.15) is 16.7 Å². The Bertz CT molecular complexity index is 1180. The van der Waals surface area contributed by atoms with E-state index in [1.54, 1.807) is 37.3 Å². The van der Waals surface area contributed by atoms with Gasteiger partial charge in [0.05, 0.1) is 23.8 Å². The van der Waals surface area contributed by atoms with Gasteiger partial charge in [-0.1, -0.05) is 59.6 Å². The second-order valence-electron chi connectivity index (χ2n) is 7.64. The van der Waals surface area contributed by atoms with Crippen molar-refractivity contribution in [1.82, 2.24) is 5.32 Å². The molecule has 0 saturated heterocycles. The second-order valence-corrected chi connectivity index (χ2v) is 9.94. The van der Waals surface area contributed by atoms with E-state index in [9.17, 15) is 13.2 Å². The van der Waals surface area contributed by atoms with E-state index in [1.165, 1.54) is 12.1 Å². The van der Waals surface area contributed by atoms with E-state index in [-0.39, 0.29) is 18.0 Å². The minimum Gasteiger partial charge on any atom is -0.375 e. The Morgan fingerprint density at radius 3 is 2.36 bits per heavy atom. The largest absolute Gasteiger partial charge is 0.375 e. The van der Waals surface area contributed by atoms with E-state index in [2.05, 4.69) is 5.32 Å². The summed E-state index contributed by atoms with van der Waals surface area (Å²) >= 11 is 6.06. The number of anilines is 1. The summed E-state index contributed by atoms with van der Waals surface area (Å²) in [5, 5.41) is 3.23. The van der Waals surface area contributed by atoms with Crippen LogP contribution in [0.2, 0.25) is 5.02 Å².